The molecule has 18 heavy (non-hydrogen) atoms. The minimum absolute atomic E-state index is 0.134. The summed E-state index contributed by atoms with van der Waals surface area (Å²) in [6, 6.07) is 6.00. The summed E-state index contributed by atoms with van der Waals surface area (Å²) in [6.45, 7) is 5.00. The quantitative estimate of drug-likeness (QED) is 0.620. The molecule has 0 aliphatic carbocycles. The normalized spacial score (nSPS) is 14.0. The molecule has 0 amide bonds. The molecule has 1 atom stereocenters. The molecule has 0 saturated carbocycles. The summed E-state index contributed by atoms with van der Waals surface area (Å²) in [6.07, 6.45) is 0. The topological polar surface area (TPSA) is 92.5 Å². The van der Waals surface area contributed by atoms with Crippen LogP contribution in [0.3, 0.4) is 0 Å². The van der Waals surface area contributed by atoms with Gasteiger partial charge in [-0.2, -0.15) is 0 Å². The fraction of sp³-hybridized carbons (Fsp3) is 0.417. The van der Waals surface area contributed by atoms with Crippen LogP contribution in [0.2, 0.25) is 0 Å². The van der Waals surface area contributed by atoms with E-state index in [0.29, 0.717) is 0 Å². The van der Waals surface area contributed by atoms with E-state index in [2.05, 4.69) is 5.32 Å². The van der Waals surface area contributed by atoms with E-state index in [1.807, 2.05) is 0 Å². The first-order chi connectivity index (χ1) is 8.29. The van der Waals surface area contributed by atoms with Crippen molar-refractivity contribution in [3.63, 3.8) is 0 Å². The van der Waals surface area contributed by atoms with Crippen LogP contribution in [0.1, 0.15) is 20.8 Å². The van der Waals surface area contributed by atoms with Crippen molar-refractivity contribution in [2.45, 2.75) is 26.3 Å². The molecule has 0 bridgehead atoms. The van der Waals surface area contributed by atoms with Crippen LogP contribution in [0.4, 0.5) is 11.4 Å². The highest BCUT2D eigenvalue weighted by Gasteiger charge is 2.37. The lowest BCUT2D eigenvalue weighted by Gasteiger charge is -2.31. The summed E-state index contributed by atoms with van der Waals surface area (Å²) in [4.78, 5) is 21.6. The summed E-state index contributed by atoms with van der Waals surface area (Å²) >= 11 is 0. The molecule has 1 rings (SSSR count). The van der Waals surface area contributed by atoms with Crippen molar-refractivity contribution in [3.8, 4) is 0 Å². The molecule has 0 aromatic heterocycles. The van der Waals surface area contributed by atoms with Crippen LogP contribution < -0.4 is 5.32 Å². The fourth-order valence-electron chi connectivity index (χ4n) is 1.46. The summed E-state index contributed by atoms with van der Waals surface area (Å²) < 4.78 is 0. The van der Waals surface area contributed by atoms with Crippen LogP contribution in [0.15, 0.2) is 24.3 Å². The van der Waals surface area contributed by atoms with E-state index in [4.69, 9.17) is 0 Å². The van der Waals surface area contributed by atoms with Crippen molar-refractivity contribution in [3.05, 3.63) is 34.4 Å². The number of benzene rings is 1. The minimum Gasteiger partial charge on any atom is -0.480 e. The lowest BCUT2D eigenvalue weighted by Crippen LogP contribution is -2.48. The Morgan fingerprint density at radius 2 is 2.00 bits per heavy atom. The number of carbonyl (C=O) groups is 1. The van der Waals surface area contributed by atoms with Crippen molar-refractivity contribution >= 4 is 17.3 Å². The van der Waals surface area contributed by atoms with Gasteiger partial charge in [0.15, 0.2) is 0 Å². The van der Waals surface area contributed by atoms with E-state index in [1.54, 1.807) is 19.9 Å². The number of anilines is 1. The Kier molecular flexibility index (Phi) is 3.90. The maximum Gasteiger partial charge on any atom is 0.329 e. The van der Waals surface area contributed by atoms with Crippen LogP contribution in [0.25, 0.3) is 0 Å². The lowest BCUT2D eigenvalue weighted by molar-refractivity contribution is -0.384. The highest BCUT2D eigenvalue weighted by Crippen LogP contribution is 2.29. The molecule has 0 spiro atoms. The maximum atomic E-state index is 11.3. The Labute approximate surface area is 105 Å². The summed E-state index contributed by atoms with van der Waals surface area (Å²) in [5.74, 6) is -1.27. The molecule has 6 heteroatoms. The number of hydrogen-bond acceptors (Lipinski definition) is 4. The number of hydrogen-bond donors (Lipinski definition) is 2. The molecular weight excluding hydrogens is 236 g/mol. The van der Waals surface area contributed by atoms with Crippen molar-refractivity contribution in [2.24, 2.45) is 5.92 Å². The first-order valence-corrected chi connectivity index (χ1v) is 5.54. The Hall–Kier alpha value is -2.11. The number of nitro benzene ring substituents is 1. The van der Waals surface area contributed by atoms with Gasteiger partial charge in [0.05, 0.1) is 4.92 Å². The first-order valence-electron chi connectivity index (χ1n) is 5.54. The van der Waals surface area contributed by atoms with Gasteiger partial charge in [-0.1, -0.05) is 26.0 Å². The molecule has 1 unspecified atom stereocenters. The van der Waals surface area contributed by atoms with Crippen molar-refractivity contribution < 1.29 is 14.8 Å². The number of para-hydroxylation sites is 2. The second kappa shape index (κ2) is 5.03. The predicted molar refractivity (Wildman–Crippen MR) is 67.6 cm³/mol. The number of nitrogens with one attached hydrogen (secondary N) is 1. The largest absolute Gasteiger partial charge is 0.480 e. The third kappa shape index (κ3) is 2.58. The zero-order chi connectivity index (χ0) is 13.9. The van der Waals surface area contributed by atoms with Gasteiger partial charge in [0, 0.05) is 6.07 Å². The van der Waals surface area contributed by atoms with E-state index >= 15 is 0 Å². The smallest absolute Gasteiger partial charge is 0.329 e. The standard InChI is InChI=1S/C12H16N2O4/c1-8(2)12(3,11(15)16)13-9-6-4-5-7-10(9)14(17)18/h4-8,13H,1-3H3,(H,15,16). The lowest BCUT2D eigenvalue weighted by atomic mass is 9.88. The van der Waals surface area contributed by atoms with Crippen LogP contribution in [-0.2, 0) is 4.79 Å². The molecule has 0 fully saturated rings. The average molecular weight is 252 g/mol. The van der Waals surface area contributed by atoms with Crippen LogP contribution in [-0.4, -0.2) is 21.5 Å². The number of aliphatic carboxylic acids is 1. The number of carboxylic acids is 1. The molecule has 0 aliphatic heterocycles. The van der Waals surface area contributed by atoms with Crippen molar-refractivity contribution in [1.82, 2.24) is 0 Å². The third-order valence-corrected chi connectivity index (χ3v) is 3.09. The molecule has 0 heterocycles. The Morgan fingerprint density at radius 3 is 2.44 bits per heavy atom. The molecule has 98 valence electrons. The number of nitrogens with zero attached hydrogens (tertiary/aromatic N) is 1. The Morgan fingerprint density at radius 1 is 1.44 bits per heavy atom. The Balaban J connectivity index is 3.17. The van der Waals surface area contributed by atoms with Gasteiger partial charge in [0.25, 0.3) is 5.69 Å². The summed E-state index contributed by atoms with van der Waals surface area (Å²) in [5, 5.41) is 22.9. The second-order valence-electron chi connectivity index (χ2n) is 4.56. The number of carboxylic acid groups (broad SMARTS) is 1. The van der Waals surface area contributed by atoms with Gasteiger partial charge in [0.1, 0.15) is 11.2 Å². The van der Waals surface area contributed by atoms with Gasteiger partial charge in [0.2, 0.25) is 0 Å². The van der Waals surface area contributed by atoms with E-state index < -0.39 is 16.4 Å². The predicted octanol–water partition coefficient (Wildman–Crippen LogP) is 2.51. The second-order valence-corrected chi connectivity index (χ2v) is 4.56. The highest BCUT2D eigenvalue weighted by molar-refractivity contribution is 5.83. The molecule has 0 saturated heterocycles. The minimum atomic E-state index is -1.26. The molecule has 0 radical (unpaired) electrons. The van der Waals surface area contributed by atoms with Crippen molar-refractivity contribution in [2.75, 3.05) is 5.32 Å². The molecule has 6 nitrogen and oxygen atoms in total. The van der Waals surface area contributed by atoms with Crippen LogP contribution in [0, 0.1) is 16.0 Å². The summed E-state index contributed by atoms with van der Waals surface area (Å²) in [7, 11) is 0. The fourth-order valence-corrected chi connectivity index (χ4v) is 1.46. The number of rotatable bonds is 5. The van der Waals surface area contributed by atoms with Gasteiger partial charge in [-0.3, -0.25) is 10.1 Å². The van der Waals surface area contributed by atoms with Gasteiger partial charge in [-0.25, -0.2) is 4.79 Å². The molecule has 1 aromatic rings. The molecule has 0 aliphatic rings. The first kappa shape index (κ1) is 14.0. The molecule has 2 N–H and O–H groups in total. The van der Waals surface area contributed by atoms with E-state index in [9.17, 15) is 20.0 Å². The number of nitro groups is 1. The monoisotopic (exact) mass is 252 g/mol. The van der Waals surface area contributed by atoms with E-state index in [-0.39, 0.29) is 17.3 Å². The van der Waals surface area contributed by atoms with Gasteiger partial charge >= 0.3 is 5.97 Å². The van der Waals surface area contributed by atoms with E-state index in [0.717, 1.165) is 0 Å². The Bertz CT molecular complexity index is 473. The van der Waals surface area contributed by atoms with Gasteiger partial charge in [-0.15, -0.1) is 0 Å². The molecular formula is C12H16N2O4. The van der Waals surface area contributed by atoms with Crippen LogP contribution in [0.5, 0.6) is 0 Å². The van der Waals surface area contributed by atoms with Crippen LogP contribution >= 0.6 is 0 Å². The van der Waals surface area contributed by atoms with Gasteiger partial charge in [-0.05, 0) is 18.9 Å². The van der Waals surface area contributed by atoms with Crippen molar-refractivity contribution in [1.29, 1.82) is 0 Å². The van der Waals surface area contributed by atoms with E-state index in [1.165, 1.54) is 25.1 Å². The highest BCUT2D eigenvalue weighted by atomic mass is 16.6. The average Bonchev–Trinajstić information content (AvgIpc) is 2.28. The zero-order valence-electron chi connectivity index (χ0n) is 10.5. The third-order valence-electron chi connectivity index (χ3n) is 3.09. The zero-order valence-corrected chi connectivity index (χ0v) is 10.5. The SMILES string of the molecule is CC(C)C(C)(Nc1ccccc1[N+](=O)[O-])C(=O)O. The van der Waals surface area contributed by atoms with Gasteiger partial charge < -0.3 is 10.4 Å². The summed E-state index contributed by atoms with van der Waals surface area (Å²) in [5.41, 5.74) is -1.18. The molecule has 1 aromatic carbocycles. The maximum absolute atomic E-state index is 11.3.